The molecule has 2 aliphatic heterocycles. The molecule has 3 aromatic rings. The molecule has 0 bridgehead atoms. The van der Waals surface area contributed by atoms with E-state index < -0.39 is 46.9 Å². The van der Waals surface area contributed by atoms with Gasteiger partial charge in [0.15, 0.2) is 0 Å². The smallest absolute Gasteiger partial charge is 0.241 e. The summed E-state index contributed by atoms with van der Waals surface area (Å²) in [5.74, 6) is -4.32. The zero-order chi connectivity index (χ0) is 24.5. The highest BCUT2D eigenvalue weighted by Crippen LogP contribution is 2.57. The fourth-order valence-electron chi connectivity index (χ4n) is 5.47. The van der Waals surface area contributed by atoms with Gasteiger partial charge in [0.05, 0.1) is 30.7 Å². The Morgan fingerprint density at radius 3 is 2.14 bits per heavy atom. The molecule has 2 amide bonds. The predicted octanol–water partition coefficient (Wildman–Crippen LogP) is 4.04. The quantitative estimate of drug-likeness (QED) is 0.409. The number of fused-ring (bicyclic) bond motifs is 3. The highest BCUT2D eigenvalue weighted by molar-refractivity contribution is 6.37. The summed E-state index contributed by atoms with van der Waals surface area (Å²) in [4.78, 5) is 56.2. The maximum atomic E-state index is 13.9. The van der Waals surface area contributed by atoms with E-state index in [0.717, 1.165) is 4.90 Å². The van der Waals surface area contributed by atoms with Crippen LogP contribution in [0.25, 0.3) is 0 Å². The van der Waals surface area contributed by atoms with Crippen LogP contribution in [0.3, 0.4) is 0 Å². The molecule has 0 aromatic heterocycles. The van der Waals surface area contributed by atoms with Gasteiger partial charge in [-0.15, -0.1) is 0 Å². The maximum absolute atomic E-state index is 13.9. The number of imide groups is 1. The SMILES string of the molecule is COc1cccc(N2C(=O)[C@@H]3[C@@H](c4ccc(Cl)cc4)OC4(C(=O)c5ccccc5C4=O)[C@@H]3C2=O)c1. The molecule has 35 heavy (non-hydrogen) atoms. The van der Waals surface area contributed by atoms with Gasteiger partial charge in [0, 0.05) is 22.2 Å². The first-order chi connectivity index (χ1) is 16.9. The number of amides is 2. The van der Waals surface area contributed by atoms with Crippen LogP contribution in [0, 0.1) is 11.8 Å². The van der Waals surface area contributed by atoms with Crippen LogP contribution in [0.15, 0.2) is 72.8 Å². The Balaban J connectivity index is 1.54. The van der Waals surface area contributed by atoms with Crippen molar-refractivity contribution in [2.45, 2.75) is 11.7 Å². The van der Waals surface area contributed by atoms with E-state index in [9.17, 15) is 19.2 Å². The van der Waals surface area contributed by atoms with E-state index in [1.165, 1.54) is 7.11 Å². The number of hydrogen-bond acceptors (Lipinski definition) is 6. The predicted molar refractivity (Wildman–Crippen MR) is 126 cm³/mol. The van der Waals surface area contributed by atoms with Crippen LogP contribution in [-0.2, 0) is 14.3 Å². The number of carbonyl (C=O) groups is 4. The average molecular weight is 488 g/mol. The molecular formula is C27H18ClNO6. The molecule has 7 nitrogen and oxygen atoms in total. The molecule has 0 radical (unpaired) electrons. The van der Waals surface area contributed by atoms with Crippen molar-refractivity contribution < 1.29 is 28.7 Å². The molecule has 3 atom stereocenters. The third-order valence-electron chi connectivity index (χ3n) is 7.03. The monoisotopic (exact) mass is 487 g/mol. The van der Waals surface area contributed by atoms with Crippen LogP contribution < -0.4 is 9.64 Å². The molecule has 3 aromatic carbocycles. The lowest BCUT2D eigenvalue weighted by molar-refractivity contribution is -0.127. The van der Waals surface area contributed by atoms with E-state index >= 15 is 0 Å². The summed E-state index contributed by atoms with van der Waals surface area (Å²) in [7, 11) is 1.48. The molecule has 1 spiro atoms. The second kappa shape index (κ2) is 7.60. The number of rotatable bonds is 3. The van der Waals surface area contributed by atoms with Crippen LogP contribution in [0.2, 0.25) is 5.02 Å². The van der Waals surface area contributed by atoms with E-state index in [2.05, 4.69) is 0 Å². The number of carbonyl (C=O) groups excluding carboxylic acids is 4. The van der Waals surface area contributed by atoms with Crippen molar-refractivity contribution in [1.29, 1.82) is 0 Å². The fourth-order valence-corrected chi connectivity index (χ4v) is 5.60. The number of nitrogens with zero attached hydrogens (tertiary/aromatic N) is 1. The van der Waals surface area contributed by atoms with Gasteiger partial charge in [0.2, 0.25) is 29.0 Å². The molecular weight excluding hydrogens is 470 g/mol. The molecule has 2 fully saturated rings. The van der Waals surface area contributed by atoms with Gasteiger partial charge in [-0.05, 0) is 29.8 Å². The van der Waals surface area contributed by atoms with Crippen LogP contribution in [0.1, 0.15) is 32.4 Å². The molecule has 6 rings (SSSR count). The van der Waals surface area contributed by atoms with Gasteiger partial charge in [-0.3, -0.25) is 19.2 Å². The van der Waals surface area contributed by atoms with Crippen LogP contribution in [0.4, 0.5) is 5.69 Å². The van der Waals surface area contributed by atoms with Gasteiger partial charge in [0.1, 0.15) is 5.75 Å². The molecule has 8 heteroatoms. The van der Waals surface area contributed by atoms with Crippen LogP contribution in [0.5, 0.6) is 5.75 Å². The first-order valence-electron chi connectivity index (χ1n) is 11.0. The highest BCUT2D eigenvalue weighted by atomic mass is 35.5. The van der Waals surface area contributed by atoms with Gasteiger partial charge >= 0.3 is 0 Å². The van der Waals surface area contributed by atoms with Crippen molar-refractivity contribution in [2.24, 2.45) is 11.8 Å². The summed E-state index contributed by atoms with van der Waals surface area (Å²) < 4.78 is 11.5. The van der Waals surface area contributed by atoms with Crippen LogP contribution >= 0.6 is 11.6 Å². The maximum Gasteiger partial charge on any atom is 0.241 e. The number of methoxy groups -OCH3 is 1. The molecule has 1 aliphatic carbocycles. The van der Waals surface area contributed by atoms with Gasteiger partial charge in [-0.25, -0.2) is 4.90 Å². The highest BCUT2D eigenvalue weighted by Gasteiger charge is 2.74. The summed E-state index contributed by atoms with van der Waals surface area (Å²) >= 11 is 6.05. The largest absolute Gasteiger partial charge is 0.497 e. The van der Waals surface area contributed by atoms with Crippen molar-refractivity contribution in [3.63, 3.8) is 0 Å². The van der Waals surface area contributed by atoms with E-state index in [0.29, 0.717) is 22.0 Å². The fraction of sp³-hybridized carbons (Fsp3) is 0.185. The minimum atomic E-state index is -2.11. The van der Waals surface area contributed by atoms with E-state index in [4.69, 9.17) is 21.1 Å². The molecule has 3 aliphatic rings. The Labute approximate surface area is 205 Å². The Morgan fingerprint density at radius 2 is 1.51 bits per heavy atom. The van der Waals surface area contributed by atoms with Crippen LogP contribution in [-0.4, -0.2) is 36.1 Å². The first-order valence-corrected chi connectivity index (χ1v) is 11.4. The minimum Gasteiger partial charge on any atom is -0.497 e. The third-order valence-corrected chi connectivity index (χ3v) is 7.28. The van der Waals surface area contributed by atoms with E-state index in [-0.39, 0.29) is 11.1 Å². The average Bonchev–Trinajstić information content (AvgIpc) is 3.44. The summed E-state index contributed by atoms with van der Waals surface area (Å²) in [6.45, 7) is 0. The number of ketones is 2. The third kappa shape index (κ3) is 2.82. The van der Waals surface area contributed by atoms with Gasteiger partial charge in [-0.2, -0.15) is 0 Å². The second-order valence-electron chi connectivity index (χ2n) is 8.75. The summed E-state index contributed by atoms with van der Waals surface area (Å²) in [6, 6.07) is 19.5. The lowest BCUT2D eigenvalue weighted by atomic mass is 9.77. The van der Waals surface area contributed by atoms with Crippen molar-refractivity contribution in [2.75, 3.05) is 12.0 Å². The van der Waals surface area contributed by atoms with E-state index in [1.54, 1.807) is 72.8 Å². The number of hydrogen-bond donors (Lipinski definition) is 0. The molecule has 0 N–H and O–H groups in total. The number of Topliss-reactive ketones (excluding diaryl/α,β-unsaturated/α-hetero) is 2. The molecule has 2 heterocycles. The molecule has 174 valence electrons. The Morgan fingerprint density at radius 1 is 0.857 bits per heavy atom. The number of ether oxygens (including phenoxy) is 2. The summed E-state index contributed by atoms with van der Waals surface area (Å²) in [5.41, 5.74) is -0.888. The van der Waals surface area contributed by atoms with Crippen molar-refractivity contribution in [1.82, 2.24) is 0 Å². The summed E-state index contributed by atoms with van der Waals surface area (Å²) in [5, 5.41) is 0.477. The Bertz CT molecular complexity index is 1400. The topological polar surface area (TPSA) is 90.0 Å². The van der Waals surface area contributed by atoms with Crippen molar-refractivity contribution in [3.8, 4) is 5.75 Å². The van der Waals surface area contributed by atoms with Gasteiger partial charge < -0.3 is 9.47 Å². The lowest BCUT2D eigenvalue weighted by Gasteiger charge is -2.27. The van der Waals surface area contributed by atoms with Gasteiger partial charge in [-0.1, -0.05) is 54.1 Å². The number of anilines is 1. The minimum absolute atomic E-state index is 0.188. The van der Waals surface area contributed by atoms with E-state index in [1.807, 2.05) is 0 Å². The summed E-state index contributed by atoms with van der Waals surface area (Å²) in [6.07, 6.45) is -0.994. The van der Waals surface area contributed by atoms with Gasteiger partial charge in [0.25, 0.3) is 0 Å². The number of halogens is 1. The molecule has 0 saturated carbocycles. The molecule has 2 saturated heterocycles. The van der Waals surface area contributed by atoms with Crippen molar-refractivity contribution >= 4 is 40.7 Å². The zero-order valence-electron chi connectivity index (χ0n) is 18.4. The standard InChI is InChI=1S/C27H18ClNO6/c1-34-17-6-4-5-16(13-17)29-25(32)20-21(26(29)33)27(35-22(20)14-9-11-15(28)12-10-14)23(30)18-7-2-3-8-19(18)24(27)31/h2-13,20-22H,1H3/t20-,21-,22+/m0/s1. The van der Waals surface area contributed by atoms with Crippen molar-refractivity contribution in [3.05, 3.63) is 94.5 Å². The number of benzene rings is 3. The molecule has 0 unspecified atom stereocenters. The zero-order valence-corrected chi connectivity index (χ0v) is 19.2. The second-order valence-corrected chi connectivity index (χ2v) is 9.18. The first kappa shape index (κ1) is 21.7. The Hall–Kier alpha value is -3.81. The Kier molecular flexibility index (Phi) is 4.71. The normalized spacial score (nSPS) is 24.3. The lowest BCUT2D eigenvalue weighted by Crippen LogP contribution is -2.51.